The van der Waals surface area contributed by atoms with E-state index in [0.717, 1.165) is 85.3 Å². The van der Waals surface area contributed by atoms with Gasteiger partial charge >= 0.3 is 0 Å². The summed E-state index contributed by atoms with van der Waals surface area (Å²) < 4.78 is 0. The summed E-state index contributed by atoms with van der Waals surface area (Å²) in [5, 5.41) is 0. The first kappa shape index (κ1) is 49.9. The molecule has 1 aliphatic heterocycles. The van der Waals surface area contributed by atoms with Crippen LogP contribution in [0.1, 0.15) is 22.3 Å². The number of nitrogens with zero attached hydrogens (tertiary/aromatic N) is 5. The van der Waals surface area contributed by atoms with Crippen LogP contribution in [0.2, 0.25) is 0 Å². The molecule has 15 rings (SSSR count). The van der Waals surface area contributed by atoms with Crippen molar-refractivity contribution in [3.8, 4) is 11.1 Å². The third-order valence-electron chi connectivity index (χ3n) is 16.6. The largest absolute Gasteiger partial charge is 0.311 e. The average molecular weight is 1080 g/mol. The molecule has 0 radical (unpaired) electrons. The topological polar surface area (TPSA) is 16.2 Å². The number of hydrogen-bond acceptors (Lipinski definition) is 5. The summed E-state index contributed by atoms with van der Waals surface area (Å²) in [5.74, 6) is 0. The zero-order valence-corrected chi connectivity index (χ0v) is 46.1. The second-order valence-corrected chi connectivity index (χ2v) is 21.3. The van der Waals surface area contributed by atoms with Gasteiger partial charge in [0, 0.05) is 73.9 Å². The van der Waals surface area contributed by atoms with Crippen molar-refractivity contribution in [2.45, 2.75) is 5.41 Å². The second-order valence-electron chi connectivity index (χ2n) is 21.3. The minimum absolute atomic E-state index is 0.759. The number of hydrogen-bond donors (Lipinski definition) is 0. The number of anilines is 15. The molecule has 5 heteroatoms. The normalized spacial score (nSPS) is 12.4. The molecule has 0 unspecified atom stereocenters. The zero-order chi connectivity index (χ0) is 55.8. The summed E-state index contributed by atoms with van der Waals surface area (Å²) >= 11 is 0. The monoisotopic (exact) mass is 1080 g/mol. The van der Waals surface area contributed by atoms with Gasteiger partial charge in [0.2, 0.25) is 0 Å². The molecule has 0 saturated heterocycles. The second kappa shape index (κ2) is 21.4. The highest BCUT2D eigenvalue weighted by atomic mass is 15.2. The van der Waals surface area contributed by atoms with E-state index in [4.69, 9.17) is 0 Å². The van der Waals surface area contributed by atoms with E-state index in [2.05, 4.69) is 370 Å². The van der Waals surface area contributed by atoms with E-state index in [1.165, 1.54) is 33.4 Å². The van der Waals surface area contributed by atoms with Gasteiger partial charge in [0.15, 0.2) is 0 Å². The summed E-state index contributed by atoms with van der Waals surface area (Å²) in [6, 6.07) is 125. The van der Waals surface area contributed by atoms with E-state index >= 15 is 0 Å². The quantitative estimate of drug-likeness (QED) is 0.114. The van der Waals surface area contributed by atoms with Crippen LogP contribution < -0.4 is 24.5 Å². The molecule has 0 saturated carbocycles. The highest BCUT2D eigenvalue weighted by Gasteiger charge is 2.52. The predicted octanol–water partition coefficient (Wildman–Crippen LogP) is 21.7. The molecule has 2 aliphatic rings. The van der Waals surface area contributed by atoms with E-state index in [1.54, 1.807) is 0 Å². The van der Waals surface area contributed by atoms with Gasteiger partial charge in [0.25, 0.3) is 0 Å². The van der Waals surface area contributed by atoms with E-state index in [0.29, 0.717) is 0 Å². The molecule has 1 heterocycles. The molecule has 0 aromatic heterocycles. The Kier molecular flexibility index (Phi) is 12.7. The third-order valence-corrected chi connectivity index (χ3v) is 16.6. The van der Waals surface area contributed by atoms with Crippen LogP contribution in [-0.4, -0.2) is 0 Å². The number of benzene rings is 13. The lowest BCUT2D eigenvalue weighted by Gasteiger charge is -2.45. The standard InChI is InChI=1S/C79H57N5/c1-8-26-58(27-9-1)80(59-28-10-2-11-29-59)65-44-48-67(49-45-65)82(62-34-16-5-17-35-62)69-52-54-71-72-55-53-70(83(63-36-18-6-19-37-63)68-50-46-66(47-51-68)81(60-30-12-3-13-31-60)61-32-14-4-15-33-61)57-76(72)79(75(71)56-69)73-40-22-24-42-77(73)84(64-38-20-7-21-39-64)78-43-25-23-41-74(78)79/h1-57H. The van der Waals surface area contributed by atoms with Gasteiger partial charge in [-0.15, -0.1) is 0 Å². The van der Waals surface area contributed by atoms with E-state index in [9.17, 15) is 0 Å². The van der Waals surface area contributed by atoms with Crippen molar-refractivity contribution in [2.75, 3.05) is 24.5 Å². The van der Waals surface area contributed by atoms with Crippen molar-refractivity contribution < 1.29 is 0 Å². The first-order valence-electron chi connectivity index (χ1n) is 28.8. The van der Waals surface area contributed by atoms with Gasteiger partial charge in [0.1, 0.15) is 0 Å². The van der Waals surface area contributed by atoms with Gasteiger partial charge in [0.05, 0.1) is 16.8 Å². The Morgan fingerprint density at radius 2 is 0.417 bits per heavy atom. The van der Waals surface area contributed by atoms with Crippen molar-refractivity contribution in [3.05, 3.63) is 368 Å². The molecule has 0 atom stereocenters. The fourth-order valence-electron chi connectivity index (χ4n) is 13.0. The molecule has 13 aromatic rings. The molecule has 0 N–H and O–H groups in total. The maximum Gasteiger partial charge on any atom is 0.0755 e. The lowest BCUT2D eigenvalue weighted by atomic mass is 9.64. The Hall–Kier alpha value is -11.1. The minimum atomic E-state index is -0.759. The summed E-state index contributed by atoms with van der Waals surface area (Å²) in [6.07, 6.45) is 0. The van der Waals surface area contributed by atoms with Crippen molar-refractivity contribution in [3.63, 3.8) is 0 Å². The summed E-state index contributed by atoms with van der Waals surface area (Å²) in [5.41, 5.74) is 22.9. The van der Waals surface area contributed by atoms with Gasteiger partial charge < -0.3 is 24.5 Å². The Bertz CT molecular complexity index is 4060. The van der Waals surface area contributed by atoms with E-state index in [-0.39, 0.29) is 0 Å². The van der Waals surface area contributed by atoms with Crippen molar-refractivity contribution in [1.82, 2.24) is 0 Å². The Labute approximate surface area is 491 Å². The van der Waals surface area contributed by atoms with Crippen LogP contribution in [0.3, 0.4) is 0 Å². The molecule has 5 nitrogen and oxygen atoms in total. The predicted molar refractivity (Wildman–Crippen MR) is 351 cm³/mol. The highest BCUT2D eigenvalue weighted by Crippen LogP contribution is 2.65. The highest BCUT2D eigenvalue weighted by molar-refractivity contribution is 5.98. The maximum atomic E-state index is 2.49. The maximum absolute atomic E-state index is 2.49. The van der Waals surface area contributed by atoms with Crippen LogP contribution in [0.4, 0.5) is 85.3 Å². The van der Waals surface area contributed by atoms with E-state index in [1.807, 2.05) is 0 Å². The fraction of sp³-hybridized carbons (Fsp3) is 0.0127. The van der Waals surface area contributed by atoms with Crippen LogP contribution in [-0.2, 0) is 5.41 Å². The molecule has 13 aromatic carbocycles. The van der Waals surface area contributed by atoms with Crippen LogP contribution in [0, 0.1) is 0 Å². The first-order valence-corrected chi connectivity index (χ1v) is 28.8. The number of rotatable bonds is 13. The zero-order valence-electron chi connectivity index (χ0n) is 46.1. The van der Waals surface area contributed by atoms with Crippen LogP contribution >= 0.6 is 0 Å². The van der Waals surface area contributed by atoms with Crippen LogP contribution in [0.15, 0.2) is 346 Å². The van der Waals surface area contributed by atoms with Crippen LogP contribution in [0.25, 0.3) is 11.1 Å². The first-order chi connectivity index (χ1) is 41.7. The van der Waals surface area contributed by atoms with Gasteiger partial charge in [-0.2, -0.15) is 0 Å². The van der Waals surface area contributed by atoms with Gasteiger partial charge in [-0.3, -0.25) is 0 Å². The van der Waals surface area contributed by atoms with Gasteiger partial charge in [-0.1, -0.05) is 176 Å². The average Bonchev–Trinajstić information content (AvgIpc) is 2.63. The fourth-order valence-corrected chi connectivity index (χ4v) is 13.0. The molecular weight excluding hydrogens is 1020 g/mol. The van der Waals surface area contributed by atoms with Gasteiger partial charge in [-0.25, -0.2) is 0 Å². The summed E-state index contributed by atoms with van der Waals surface area (Å²) in [6.45, 7) is 0. The molecule has 0 amide bonds. The SMILES string of the molecule is c1ccc(N(c2ccccc2)c2ccc(N(c3ccccc3)c3ccc4c(c3)C3(c5cc(N(c6ccccc6)c6ccc(N(c7ccccc7)c7ccccc7)cc6)ccc5-4)c4ccccc4N(c4ccccc4)c4ccccc43)cc2)cc1. The molecule has 0 fully saturated rings. The Morgan fingerprint density at radius 1 is 0.190 bits per heavy atom. The molecular formula is C79H57N5. The molecule has 1 spiro atoms. The molecule has 398 valence electrons. The van der Waals surface area contributed by atoms with Crippen LogP contribution in [0.5, 0.6) is 0 Å². The van der Waals surface area contributed by atoms with E-state index < -0.39 is 5.41 Å². The number of fused-ring (bicyclic) bond motifs is 9. The lowest BCUT2D eigenvalue weighted by Crippen LogP contribution is -2.36. The Balaban J connectivity index is 0.924. The van der Waals surface area contributed by atoms with Crippen molar-refractivity contribution in [1.29, 1.82) is 0 Å². The third kappa shape index (κ3) is 8.57. The Morgan fingerprint density at radius 3 is 0.714 bits per heavy atom. The van der Waals surface area contributed by atoms with Crippen molar-refractivity contribution in [2.24, 2.45) is 0 Å². The molecule has 0 bridgehead atoms. The lowest BCUT2D eigenvalue weighted by molar-refractivity contribution is 0.752. The summed E-state index contributed by atoms with van der Waals surface area (Å²) in [7, 11) is 0. The summed E-state index contributed by atoms with van der Waals surface area (Å²) in [4.78, 5) is 11.9. The number of para-hydroxylation sites is 9. The molecule has 84 heavy (non-hydrogen) atoms. The molecule has 1 aliphatic carbocycles. The van der Waals surface area contributed by atoms with Gasteiger partial charge in [-0.05, 0) is 203 Å². The van der Waals surface area contributed by atoms with Crippen molar-refractivity contribution >= 4 is 85.3 Å². The smallest absolute Gasteiger partial charge is 0.0755 e. The minimum Gasteiger partial charge on any atom is -0.311 e.